The van der Waals surface area contributed by atoms with Gasteiger partial charge in [0.25, 0.3) is 5.16 Å². The Balaban J connectivity index is 0. The second-order valence-corrected chi connectivity index (χ2v) is 3.84. The first-order chi connectivity index (χ1) is 6.68. The van der Waals surface area contributed by atoms with Crippen molar-refractivity contribution in [1.29, 1.82) is 0 Å². The predicted octanol–water partition coefficient (Wildman–Crippen LogP) is -2.32. The minimum absolute atomic E-state index is 0. The Morgan fingerprint density at radius 1 is 1.44 bits per heavy atom. The van der Waals surface area contributed by atoms with Crippen molar-refractivity contribution in [3.63, 3.8) is 0 Å². The first-order valence-electron chi connectivity index (χ1n) is 3.65. The second kappa shape index (κ2) is 5.00. The zero-order valence-corrected chi connectivity index (χ0v) is 11.2. The number of nitrogens with zero attached hydrogens (tertiary/aromatic N) is 3. The third-order valence-corrected chi connectivity index (χ3v) is 2.28. The zero-order valence-electron chi connectivity index (χ0n) is 9.35. The summed E-state index contributed by atoms with van der Waals surface area (Å²) in [4.78, 5) is 0. The van der Waals surface area contributed by atoms with Crippen molar-refractivity contribution in [1.82, 2.24) is 14.8 Å². The molecule has 1 N–H and O–H groups in total. The van der Waals surface area contributed by atoms with E-state index in [1.807, 2.05) is 0 Å². The van der Waals surface area contributed by atoms with Gasteiger partial charge in [-0.3, -0.25) is 9.12 Å². The maximum Gasteiger partial charge on any atom is 1.00 e. The van der Waals surface area contributed by atoms with E-state index in [0.717, 1.165) is 0 Å². The van der Waals surface area contributed by atoms with Crippen LogP contribution < -0.4 is 29.6 Å². The van der Waals surface area contributed by atoms with Crippen molar-refractivity contribution in [3.8, 4) is 0 Å². The molecule has 0 atom stereocenters. The Morgan fingerprint density at radius 2 is 1.94 bits per heavy atom. The van der Waals surface area contributed by atoms with Gasteiger partial charge in [-0.15, -0.1) is 10.2 Å². The van der Waals surface area contributed by atoms with Gasteiger partial charge in [-0.25, -0.2) is 0 Å². The topological polar surface area (TPSA) is 85.1 Å². The van der Waals surface area contributed by atoms with E-state index in [1.54, 1.807) is 0 Å². The molecule has 11 heteroatoms. The average molecular weight is 269 g/mol. The molecule has 0 fully saturated rings. The summed E-state index contributed by atoms with van der Waals surface area (Å²) in [6.45, 7) is 0.949. The summed E-state index contributed by atoms with van der Waals surface area (Å²) in [6.07, 6.45) is -4.81. The third kappa shape index (κ3) is 3.17. The van der Waals surface area contributed by atoms with Crippen LogP contribution in [0.5, 0.6) is 0 Å². The molecule has 0 radical (unpaired) electrons. The fourth-order valence-corrected chi connectivity index (χ4v) is 1.61. The number of alkyl halides is 3. The van der Waals surface area contributed by atoms with Gasteiger partial charge in [0, 0.05) is 6.54 Å². The molecule has 0 aliphatic heterocycles. The molecule has 0 unspecified atom stereocenters. The van der Waals surface area contributed by atoms with E-state index in [4.69, 9.17) is 4.55 Å². The number of halogens is 3. The first kappa shape index (κ1) is 15.8. The number of rotatable bonds is 2. The molecule has 88 valence electrons. The van der Waals surface area contributed by atoms with Crippen LogP contribution in [0.15, 0.2) is 5.16 Å². The Labute approximate surface area is 112 Å². The van der Waals surface area contributed by atoms with Crippen molar-refractivity contribution in [3.05, 3.63) is 5.82 Å². The molecule has 1 aromatic heterocycles. The molecule has 0 spiro atoms. The molecule has 0 bridgehead atoms. The number of aromatic nitrogens is 3. The van der Waals surface area contributed by atoms with E-state index in [2.05, 4.69) is 10.2 Å². The van der Waals surface area contributed by atoms with Gasteiger partial charge in [0.05, 0.1) is 0 Å². The minimum atomic E-state index is -4.81. The Morgan fingerprint density at radius 3 is 2.25 bits per heavy atom. The zero-order chi connectivity index (χ0) is 11.9. The van der Waals surface area contributed by atoms with E-state index in [1.165, 1.54) is 6.92 Å². The minimum Gasteiger partial charge on any atom is -1.00 e. The van der Waals surface area contributed by atoms with E-state index in [-0.39, 0.29) is 42.1 Å². The molecular weight excluding hydrogens is 262 g/mol. The van der Waals surface area contributed by atoms with Crippen LogP contribution in [0.3, 0.4) is 0 Å². The molecule has 0 aromatic carbocycles. The summed E-state index contributed by atoms with van der Waals surface area (Å²) in [5.41, 5.74) is 0. The molecular formula is C5H7F3N3NaO3S. The van der Waals surface area contributed by atoms with Gasteiger partial charge < -0.3 is 1.43 Å². The summed E-state index contributed by atoms with van der Waals surface area (Å²) < 4.78 is 66.8. The Kier molecular flexibility index (Phi) is 4.95. The number of hydrogen-bond donors (Lipinski definition) is 1. The molecule has 0 saturated heterocycles. The van der Waals surface area contributed by atoms with Crippen LogP contribution in [-0.4, -0.2) is 27.7 Å². The van der Waals surface area contributed by atoms with Gasteiger partial charge in [-0.2, -0.15) is 21.6 Å². The molecule has 16 heavy (non-hydrogen) atoms. The monoisotopic (exact) mass is 269 g/mol. The summed E-state index contributed by atoms with van der Waals surface area (Å²) in [7, 11) is -4.80. The van der Waals surface area contributed by atoms with Gasteiger partial charge in [-0.05, 0) is 6.92 Å². The van der Waals surface area contributed by atoms with Gasteiger partial charge in [0.1, 0.15) is 0 Å². The number of hydrogen-bond acceptors (Lipinski definition) is 4. The molecule has 1 aromatic rings. The van der Waals surface area contributed by atoms with E-state index < -0.39 is 27.3 Å². The molecule has 6 nitrogen and oxygen atoms in total. The molecule has 0 aliphatic rings. The van der Waals surface area contributed by atoms with Gasteiger partial charge >= 0.3 is 45.9 Å². The Hall–Kier alpha value is -0.160. The average Bonchev–Trinajstić information content (AvgIpc) is 2.43. The standard InChI is InChI=1S/C5H6F3N3O3S.Na.H/c1-2-11-3(5(6,7)8)9-10-4(11)15(12,13)14;;/h2H2,1H3,(H,12,13,14);;/q;+1;-1. The molecule has 1 rings (SSSR count). The second-order valence-electron chi connectivity index (χ2n) is 2.52. The summed E-state index contributed by atoms with van der Waals surface area (Å²) >= 11 is 0. The van der Waals surface area contributed by atoms with Crippen LogP contribution in [0, 0.1) is 0 Å². The van der Waals surface area contributed by atoms with E-state index in [0.29, 0.717) is 0 Å². The maximum atomic E-state index is 12.2. The van der Waals surface area contributed by atoms with Crippen molar-refractivity contribution in [2.75, 3.05) is 0 Å². The summed E-state index contributed by atoms with van der Waals surface area (Å²) in [5.74, 6) is -1.46. The quantitative estimate of drug-likeness (QED) is 0.481. The molecule has 1 heterocycles. The Bertz CT molecular complexity index is 474. The van der Waals surface area contributed by atoms with Crippen LogP contribution in [-0.2, 0) is 22.8 Å². The van der Waals surface area contributed by atoms with Gasteiger partial charge in [-0.1, -0.05) is 0 Å². The van der Waals surface area contributed by atoms with Gasteiger partial charge in [0.2, 0.25) is 5.82 Å². The van der Waals surface area contributed by atoms with Crippen LogP contribution in [0.1, 0.15) is 14.2 Å². The maximum absolute atomic E-state index is 12.2. The van der Waals surface area contributed by atoms with E-state index in [9.17, 15) is 21.6 Å². The van der Waals surface area contributed by atoms with Crippen molar-refractivity contribution < 1.29 is 57.1 Å². The van der Waals surface area contributed by atoms with Crippen LogP contribution in [0.4, 0.5) is 13.2 Å². The van der Waals surface area contributed by atoms with Crippen LogP contribution in [0.2, 0.25) is 0 Å². The van der Waals surface area contributed by atoms with Crippen LogP contribution in [0.25, 0.3) is 0 Å². The predicted molar refractivity (Wildman–Crippen MR) is 41.6 cm³/mol. The first-order valence-corrected chi connectivity index (χ1v) is 5.09. The third-order valence-electron chi connectivity index (χ3n) is 1.52. The fourth-order valence-electron chi connectivity index (χ4n) is 0.974. The summed E-state index contributed by atoms with van der Waals surface area (Å²) in [5, 5.41) is 4.34. The molecule has 0 saturated carbocycles. The fraction of sp³-hybridized carbons (Fsp3) is 0.600. The van der Waals surface area contributed by atoms with E-state index >= 15 is 0 Å². The van der Waals surface area contributed by atoms with Crippen molar-refractivity contribution >= 4 is 10.1 Å². The smallest absolute Gasteiger partial charge is 1.00 e. The van der Waals surface area contributed by atoms with Crippen molar-refractivity contribution in [2.24, 2.45) is 0 Å². The largest absolute Gasteiger partial charge is 1.00 e. The summed E-state index contributed by atoms with van der Waals surface area (Å²) in [6, 6.07) is 0. The SMILES string of the molecule is CCn1c(C(F)(F)F)nnc1S(=O)(=O)O.[H-].[Na+]. The normalized spacial score (nSPS) is 12.3. The van der Waals surface area contributed by atoms with Crippen LogP contribution >= 0.6 is 0 Å². The molecule has 0 aliphatic carbocycles. The van der Waals surface area contributed by atoms with Crippen molar-refractivity contribution in [2.45, 2.75) is 24.8 Å². The molecule has 0 amide bonds. The van der Waals surface area contributed by atoms with Gasteiger partial charge in [0.15, 0.2) is 0 Å².